The van der Waals surface area contributed by atoms with Crippen LogP contribution in [0.15, 0.2) is 66.7 Å². The van der Waals surface area contributed by atoms with Crippen molar-refractivity contribution < 1.29 is 4.79 Å². The Balaban J connectivity index is 1.67. The second-order valence-electron chi connectivity index (χ2n) is 6.46. The minimum Gasteiger partial charge on any atom is -0.339 e. The third-order valence-electron chi connectivity index (χ3n) is 4.24. The highest BCUT2D eigenvalue weighted by Gasteiger charge is 2.34. The lowest BCUT2D eigenvalue weighted by Crippen LogP contribution is -2.56. The number of fused-ring (bicyclic) bond motifs is 1. The molecule has 0 spiro atoms. The molecule has 0 heterocycles. The maximum Gasteiger partial charge on any atom is 0.228 e. The van der Waals surface area contributed by atoms with Gasteiger partial charge < -0.3 is 16.0 Å². The number of carbonyl (C=O) groups is 1. The summed E-state index contributed by atoms with van der Waals surface area (Å²) in [6.45, 7) is 0. The average Bonchev–Trinajstić information content (AvgIpc) is 2.69. The van der Waals surface area contributed by atoms with E-state index in [1.54, 1.807) is 24.3 Å². The van der Waals surface area contributed by atoms with Crippen molar-refractivity contribution in [2.24, 2.45) is 0 Å². The molecule has 0 bridgehead atoms. The van der Waals surface area contributed by atoms with Crippen molar-refractivity contribution in [2.45, 2.75) is 16.4 Å². The molecule has 0 saturated heterocycles. The fraction of sp³-hybridized carbons (Fsp3) is 0.143. The molecule has 0 unspecified atom stereocenters. The van der Waals surface area contributed by atoms with Crippen LogP contribution in [0, 0.1) is 0 Å². The van der Waals surface area contributed by atoms with E-state index in [-0.39, 0.29) is 17.4 Å². The normalized spacial score (nSPS) is 12.3. The zero-order chi connectivity index (χ0) is 21.7. The molecule has 9 heteroatoms. The number of rotatable bonds is 5. The smallest absolute Gasteiger partial charge is 0.228 e. The number of carbonyl (C=O) groups excluding carboxylic acids is 1. The first-order valence-electron chi connectivity index (χ1n) is 8.88. The Morgan fingerprint density at radius 1 is 0.933 bits per heavy atom. The molecular formula is C21H17Cl4N3OS. The molecule has 3 aromatic rings. The number of anilines is 1. The summed E-state index contributed by atoms with van der Waals surface area (Å²) in [7, 11) is 0. The monoisotopic (exact) mass is 499 g/mol. The van der Waals surface area contributed by atoms with Crippen LogP contribution in [-0.2, 0) is 11.2 Å². The topological polar surface area (TPSA) is 53.2 Å². The van der Waals surface area contributed by atoms with E-state index in [0.717, 1.165) is 16.3 Å². The van der Waals surface area contributed by atoms with Crippen molar-refractivity contribution >= 4 is 86.1 Å². The molecule has 0 aliphatic rings. The summed E-state index contributed by atoms with van der Waals surface area (Å²) in [5.41, 5.74) is 1.57. The van der Waals surface area contributed by atoms with Crippen LogP contribution in [0.5, 0.6) is 0 Å². The second kappa shape index (κ2) is 10.0. The lowest BCUT2D eigenvalue weighted by molar-refractivity contribution is -0.121. The summed E-state index contributed by atoms with van der Waals surface area (Å²) in [6, 6.07) is 20.5. The molecular weight excluding hydrogens is 484 g/mol. The van der Waals surface area contributed by atoms with Gasteiger partial charge in [-0.05, 0) is 52.8 Å². The van der Waals surface area contributed by atoms with Crippen LogP contribution >= 0.6 is 58.6 Å². The van der Waals surface area contributed by atoms with Gasteiger partial charge in [0.2, 0.25) is 9.70 Å². The first-order chi connectivity index (χ1) is 14.2. The number of hydrogen-bond donors (Lipinski definition) is 3. The van der Waals surface area contributed by atoms with Crippen LogP contribution in [0.25, 0.3) is 10.8 Å². The first kappa shape index (κ1) is 22.9. The SMILES string of the molecule is O=C(Cc1cccc2ccccc12)N[C@H](NC(=S)Nc1ccc(Cl)cc1)C(Cl)(Cl)Cl. The van der Waals surface area contributed by atoms with E-state index < -0.39 is 9.96 Å². The summed E-state index contributed by atoms with van der Waals surface area (Å²) in [5.74, 6) is -0.315. The zero-order valence-electron chi connectivity index (χ0n) is 15.5. The van der Waals surface area contributed by atoms with Crippen molar-refractivity contribution in [3.8, 4) is 0 Å². The van der Waals surface area contributed by atoms with Crippen LogP contribution in [-0.4, -0.2) is 21.0 Å². The van der Waals surface area contributed by atoms with Crippen LogP contribution in [0.1, 0.15) is 5.56 Å². The minimum atomic E-state index is -1.83. The molecule has 1 atom stereocenters. The fourth-order valence-electron chi connectivity index (χ4n) is 2.86. The molecule has 30 heavy (non-hydrogen) atoms. The Bertz CT molecular complexity index is 1050. The van der Waals surface area contributed by atoms with E-state index in [2.05, 4.69) is 16.0 Å². The fourth-order valence-corrected chi connectivity index (χ4v) is 3.55. The number of halogens is 4. The van der Waals surface area contributed by atoms with Gasteiger partial charge in [-0.2, -0.15) is 0 Å². The van der Waals surface area contributed by atoms with Gasteiger partial charge in [0, 0.05) is 10.7 Å². The number of thiocarbonyl (C=S) groups is 1. The molecule has 0 radical (unpaired) electrons. The summed E-state index contributed by atoms with van der Waals surface area (Å²) >= 11 is 29.3. The van der Waals surface area contributed by atoms with Crippen LogP contribution in [0.2, 0.25) is 5.02 Å². The second-order valence-corrected chi connectivity index (χ2v) is 9.68. The van der Waals surface area contributed by atoms with Gasteiger partial charge in [-0.3, -0.25) is 4.79 Å². The predicted octanol–water partition coefficient (Wildman–Crippen LogP) is 5.83. The van der Waals surface area contributed by atoms with Gasteiger partial charge >= 0.3 is 0 Å². The highest BCUT2D eigenvalue weighted by Crippen LogP contribution is 2.29. The summed E-state index contributed by atoms with van der Waals surface area (Å²) < 4.78 is -1.83. The Morgan fingerprint density at radius 2 is 1.60 bits per heavy atom. The lowest BCUT2D eigenvalue weighted by Gasteiger charge is -2.28. The molecule has 3 rings (SSSR count). The molecule has 1 amide bonds. The van der Waals surface area contributed by atoms with Gasteiger partial charge in [0.05, 0.1) is 6.42 Å². The summed E-state index contributed by atoms with van der Waals surface area (Å²) in [5, 5.41) is 11.3. The van der Waals surface area contributed by atoms with Gasteiger partial charge in [0.25, 0.3) is 0 Å². The molecule has 156 valence electrons. The third kappa shape index (κ3) is 6.37. The molecule has 0 aliphatic heterocycles. The van der Waals surface area contributed by atoms with E-state index in [1.165, 1.54) is 0 Å². The van der Waals surface area contributed by atoms with Gasteiger partial charge in [0.15, 0.2) is 5.11 Å². The largest absolute Gasteiger partial charge is 0.339 e. The number of benzene rings is 3. The lowest BCUT2D eigenvalue weighted by atomic mass is 10.0. The zero-order valence-corrected chi connectivity index (χ0v) is 19.3. The van der Waals surface area contributed by atoms with Gasteiger partial charge in [-0.1, -0.05) is 88.9 Å². The Kier molecular flexibility index (Phi) is 7.66. The Hall–Kier alpha value is -1.76. The van der Waals surface area contributed by atoms with Crippen molar-refractivity contribution in [3.63, 3.8) is 0 Å². The molecule has 3 N–H and O–H groups in total. The summed E-state index contributed by atoms with van der Waals surface area (Å²) in [4.78, 5) is 12.7. The predicted molar refractivity (Wildman–Crippen MR) is 131 cm³/mol. The number of nitrogens with one attached hydrogen (secondary N) is 3. The van der Waals surface area contributed by atoms with Crippen molar-refractivity contribution in [2.75, 3.05) is 5.32 Å². The minimum absolute atomic E-state index is 0.123. The first-order valence-corrected chi connectivity index (χ1v) is 10.8. The van der Waals surface area contributed by atoms with Crippen molar-refractivity contribution in [1.82, 2.24) is 10.6 Å². The van der Waals surface area contributed by atoms with Crippen LogP contribution in [0.4, 0.5) is 5.69 Å². The standard InChI is InChI=1S/C21H17Cl4N3OS/c22-15-8-10-16(11-9-15)26-20(30)28-19(21(23,24)25)27-18(29)12-14-6-3-5-13-4-1-2-7-17(13)14/h1-11,19H,12H2,(H,27,29)(H2,26,28,30)/t19-/m1/s1. The molecule has 3 aromatic carbocycles. The van der Waals surface area contributed by atoms with E-state index >= 15 is 0 Å². The van der Waals surface area contributed by atoms with Gasteiger partial charge in [-0.25, -0.2) is 0 Å². The van der Waals surface area contributed by atoms with Gasteiger partial charge in [-0.15, -0.1) is 0 Å². The Morgan fingerprint density at radius 3 is 2.30 bits per heavy atom. The molecule has 0 aromatic heterocycles. The molecule has 0 saturated carbocycles. The number of amides is 1. The van der Waals surface area contributed by atoms with Crippen LogP contribution < -0.4 is 16.0 Å². The van der Waals surface area contributed by atoms with Gasteiger partial charge in [0.1, 0.15) is 6.17 Å². The maximum absolute atomic E-state index is 12.7. The highest BCUT2D eigenvalue weighted by atomic mass is 35.6. The summed E-state index contributed by atoms with van der Waals surface area (Å²) in [6.07, 6.45) is -0.922. The van der Waals surface area contributed by atoms with E-state index in [9.17, 15) is 4.79 Å². The number of alkyl halides is 3. The number of hydrogen-bond acceptors (Lipinski definition) is 2. The molecule has 0 fully saturated rings. The molecule has 4 nitrogen and oxygen atoms in total. The average molecular weight is 501 g/mol. The maximum atomic E-state index is 12.7. The Labute approximate surface area is 199 Å². The van der Waals surface area contributed by atoms with E-state index in [1.807, 2.05) is 42.5 Å². The van der Waals surface area contributed by atoms with Crippen LogP contribution in [0.3, 0.4) is 0 Å². The van der Waals surface area contributed by atoms with Crippen molar-refractivity contribution in [1.29, 1.82) is 0 Å². The quantitative estimate of drug-likeness (QED) is 0.234. The molecule has 0 aliphatic carbocycles. The highest BCUT2D eigenvalue weighted by molar-refractivity contribution is 7.80. The van der Waals surface area contributed by atoms with E-state index in [4.69, 9.17) is 58.6 Å². The third-order valence-corrected chi connectivity index (χ3v) is 5.37. The van der Waals surface area contributed by atoms with Crippen molar-refractivity contribution in [3.05, 3.63) is 77.3 Å². The van der Waals surface area contributed by atoms with E-state index in [0.29, 0.717) is 10.7 Å².